The van der Waals surface area contributed by atoms with Crippen LogP contribution >= 0.6 is 15.9 Å². The van der Waals surface area contributed by atoms with Crippen LogP contribution in [0.3, 0.4) is 0 Å². The number of rotatable bonds is 7. The van der Waals surface area contributed by atoms with Gasteiger partial charge in [-0.15, -0.1) is 0 Å². The predicted octanol–water partition coefficient (Wildman–Crippen LogP) is 3.73. The van der Waals surface area contributed by atoms with Crippen LogP contribution in [-0.4, -0.2) is 46.8 Å². The Kier molecular flexibility index (Phi) is 6.58. The second-order valence-electron chi connectivity index (χ2n) is 6.16. The van der Waals surface area contributed by atoms with E-state index >= 15 is 0 Å². The molecule has 0 aromatic heterocycles. The highest BCUT2D eigenvalue weighted by Crippen LogP contribution is 2.36. The molecule has 0 unspecified atom stereocenters. The molecule has 1 saturated heterocycles. The smallest absolute Gasteiger partial charge is 0.174 e. The third-order valence-electron chi connectivity index (χ3n) is 4.50. The van der Waals surface area contributed by atoms with Gasteiger partial charge in [-0.2, -0.15) is 0 Å². The average Bonchev–Trinajstić information content (AvgIpc) is 2.72. The predicted molar refractivity (Wildman–Crippen MR) is 109 cm³/mol. The first kappa shape index (κ1) is 19.5. The van der Waals surface area contributed by atoms with Gasteiger partial charge in [-0.3, -0.25) is 4.79 Å². The molecule has 1 aliphatic rings. The molecule has 0 bridgehead atoms. The molecule has 0 aliphatic carbocycles. The van der Waals surface area contributed by atoms with Crippen molar-refractivity contribution in [2.75, 3.05) is 50.7 Å². The Labute approximate surface area is 167 Å². The maximum absolute atomic E-state index is 11.6. The van der Waals surface area contributed by atoms with Crippen LogP contribution in [0.4, 0.5) is 11.4 Å². The quantitative estimate of drug-likeness (QED) is 0.669. The molecular weight excluding hydrogens is 412 g/mol. The summed E-state index contributed by atoms with van der Waals surface area (Å²) in [5.74, 6) is 1.33. The minimum atomic E-state index is 0.591. The zero-order chi connectivity index (χ0) is 19.2. The maximum Gasteiger partial charge on any atom is 0.174 e. The molecule has 1 N–H and O–H groups in total. The van der Waals surface area contributed by atoms with E-state index in [1.165, 1.54) is 0 Å². The van der Waals surface area contributed by atoms with Gasteiger partial charge in [0.15, 0.2) is 17.8 Å². The van der Waals surface area contributed by atoms with Gasteiger partial charge in [0.2, 0.25) is 0 Å². The Morgan fingerprint density at radius 1 is 1.19 bits per heavy atom. The highest BCUT2D eigenvalue weighted by Gasteiger charge is 2.15. The molecule has 1 heterocycles. The van der Waals surface area contributed by atoms with Crippen molar-refractivity contribution in [3.05, 3.63) is 45.9 Å². The highest BCUT2D eigenvalue weighted by atomic mass is 79.9. The van der Waals surface area contributed by atoms with Gasteiger partial charge in [-0.25, -0.2) is 0 Å². The standard InChI is InChI=1S/C20H23BrN2O4/c1-25-19-10-14(9-17(21)20(19)26-2)12-22-16-3-4-18(15(11-16)13-24)23-5-7-27-8-6-23/h3-4,9-11,13,22H,5-8,12H2,1-2H3. The van der Waals surface area contributed by atoms with Crippen molar-refractivity contribution in [2.24, 2.45) is 0 Å². The molecular formula is C20H23BrN2O4. The van der Waals surface area contributed by atoms with E-state index in [-0.39, 0.29) is 0 Å². The van der Waals surface area contributed by atoms with Crippen molar-refractivity contribution in [3.8, 4) is 11.5 Å². The zero-order valence-corrected chi connectivity index (χ0v) is 17.0. The molecule has 0 spiro atoms. The first-order valence-electron chi connectivity index (χ1n) is 8.72. The number of hydrogen-bond acceptors (Lipinski definition) is 6. The first-order chi connectivity index (χ1) is 13.2. The van der Waals surface area contributed by atoms with E-state index in [1.54, 1.807) is 14.2 Å². The highest BCUT2D eigenvalue weighted by molar-refractivity contribution is 9.10. The third-order valence-corrected chi connectivity index (χ3v) is 5.09. The van der Waals surface area contributed by atoms with Gasteiger partial charge in [0, 0.05) is 36.6 Å². The van der Waals surface area contributed by atoms with Crippen molar-refractivity contribution in [2.45, 2.75) is 6.54 Å². The normalized spacial score (nSPS) is 14.0. The van der Waals surface area contributed by atoms with E-state index in [1.807, 2.05) is 30.3 Å². The van der Waals surface area contributed by atoms with E-state index in [0.717, 1.165) is 40.8 Å². The fraction of sp³-hybridized carbons (Fsp3) is 0.350. The van der Waals surface area contributed by atoms with E-state index in [2.05, 4.69) is 26.1 Å². The summed E-state index contributed by atoms with van der Waals surface area (Å²) in [5, 5.41) is 3.36. The van der Waals surface area contributed by atoms with Crippen molar-refractivity contribution >= 4 is 33.6 Å². The monoisotopic (exact) mass is 434 g/mol. The zero-order valence-electron chi connectivity index (χ0n) is 15.5. The Morgan fingerprint density at radius 2 is 1.96 bits per heavy atom. The average molecular weight is 435 g/mol. The number of anilines is 2. The lowest BCUT2D eigenvalue weighted by Gasteiger charge is -2.30. The molecule has 27 heavy (non-hydrogen) atoms. The van der Waals surface area contributed by atoms with E-state index in [4.69, 9.17) is 14.2 Å². The molecule has 1 aliphatic heterocycles. The van der Waals surface area contributed by atoms with Crippen LogP contribution in [0.25, 0.3) is 0 Å². The Balaban J connectivity index is 1.74. The molecule has 2 aromatic carbocycles. The van der Waals surface area contributed by atoms with Gasteiger partial charge >= 0.3 is 0 Å². The molecule has 144 valence electrons. The summed E-state index contributed by atoms with van der Waals surface area (Å²) in [5.41, 5.74) is 3.55. The first-order valence-corrected chi connectivity index (χ1v) is 9.51. The minimum absolute atomic E-state index is 0.591. The summed E-state index contributed by atoms with van der Waals surface area (Å²) in [6.45, 7) is 3.56. The molecule has 0 radical (unpaired) electrons. The Bertz CT molecular complexity index is 807. The molecule has 1 fully saturated rings. The molecule has 0 saturated carbocycles. The van der Waals surface area contributed by atoms with Crippen LogP contribution in [-0.2, 0) is 11.3 Å². The summed E-state index contributed by atoms with van der Waals surface area (Å²) in [7, 11) is 3.22. The number of nitrogens with zero attached hydrogens (tertiary/aromatic N) is 1. The molecule has 0 amide bonds. The van der Waals surface area contributed by atoms with Gasteiger partial charge in [0.25, 0.3) is 0 Å². The fourth-order valence-electron chi connectivity index (χ4n) is 3.13. The van der Waals surface area contributed by atoms with E-state index in [0.29, 0.717) is 36.8 Å². The number of aldehydes is 1. The number of halogens is 1. The topological polar surface area (TPSA) is 60.0 Å². The Hall–Kier alpha value is -2.25. The van der Waals surface area contributed by atoms with Crippen LogP contribution in [0.15, 0.2) is 34.8 Å². The lowest BCUT2D eigenvalue weighted by Crippen LogP contribution is -2.36. The van der Waals surface area contributed by atoms with Gasteiger partial charge in [0.1, 0.15) is 0 Å². The van der Waals surface area contributed by atoms with Crippen LogP contribution in [0.2, 0.25) is 0 Å². The lowest BCUT2D eigenvalue weighted by molar-refractivity contribution is 0.111. The van der Waals surface area contributed by atoms with Crippen molar-refractivity contribution in [1.29, 1.82) is 0 Å². The van der Waals surface area contributed by atoms with Crippen LogP contribution in [0.5, 0.6) is 11.5 Å². The molecule has 3 rings (SSSR count). The molecule has 6 nitrogen and oxygen atoms in total. The number of carbonyl (C=O) groups is 1. The molecule has 2 aromatic rings. The number of carbonyl (C=O) groups excluding carboxylic acids is 1. The maximum atomic E-state index is 11.6. The summed E-state index contributed by atoms with van der Waals surface area (Å²) < 4.78 is 16.9. The summed E-state index contributed by atoms with van der Waals surface area (Å²) in [6.07, 6.45) is 0.906. The van der Waals surface area contributed by atoms with Crippen molar-refractivity contribution in [1.82, 2.24) is 0 Å². The number of methoxy groups -OCH3 is 2. The van der Waals surface area contributed by atoms with Crippen molar-refractivity contribution in [3.63, 3.8) is 0 Å². The number of morpholine rings is 1. The second-order valence-corrected chi connectivity index (χ2v) is 7.01. The van der Waals surface area contributed by atoms with Gasteiger partial charge in [0.05, 0.1) is 31.9 Å². The van der Waals surface area contributed by atoms with Crippen molar-refractivity contribution < 1.29 is 19.0 Å². The molecule has 0 atom stereocenters. The largest absolute Gasteiger partial charge is 0.493 e. The Morgan fingerprint density at radius 3 is 2.63 bits per heavy atom. The summed E-state index contributed by atoms with van der Waals surface area (Å²) >= 11 is 3.51. The number of nitrogens with one attached hydrogen (secondary N) is 1. The SMILES string of the molecule is COc1cc(CNc2ccc(N3CCOCC3)c(C=O)c2)cc(Br)c1OC. The minimum Gasteiger partial charge on any atom is -0.493 e. The lowest BCUT2D eigenvalue weighted by atomic mass is 10.1. The van der Waals surface area contributed by atoms with Crippen LogP contribution in [0, 0.1) is 0 Å². The van der Waals surface area contributed by atoms with E-state index in [9.17, 15) is 4.79 Å². The third kappa shape index (κ3) is 4.54. The second kappa shape index (κ2) is 9.10. The van der Waals surface area contributed by atoms with Gasteiger partial charge in [-0.05, 0) is 51.8 Å². The number of benzene rings is 2. The fourth-order valence-corrected chi connectivity index (χ4v) is 3.78. The van der Waals surface area contributed by atoms with Gasteiger partial charge in [-0.1, -0.05) is 0 Å². The van der Waals surface area contributed by atoms with Gasteiger partial charge < -0.3 is 24.4 Å². The van der Waals surface area contributed by atoms with Crippen LogP contribution < -0.4 is 19.7 Å². The summed E-state index contributed by atoms with van der Waals surface area (Å²) in [6, 6.07) is 9.78. The number of ether oxygens (including phenoxy) is 3. The number of hydrogen-bond donors (Lipinski definition) is 1. The van der Waals surface area contributed by atoms with E-state index < -0.39 is 0 Å². The molecule has 7 heteroatoms. The van der Waals surface area contributed by atoms with Crippen LogP contribution in [0.1, 0.15) is 15.9 Å². The summed E-state index contributed by atoms with van der Waals surface area (Å²) in [4.78, 5) is 13.8.